The molecule has 6 heteroatoms. The van der Waals surface area contributed by atoms with Crippen LogP contribution >= 0.6 is 23.2 Å². The Hall–Kier alpha value is -1.46. The molecule has 2 heterocycles. The van der Waals surface area contributed by atoms with Crippen LogP contribution in [-0.2, 0) is 14.9 Å². The molecule has 0 aliphatic carbocycles. The normalized spacial score (nSPS) is 21.0. The number of ether oxygens (including phenoxy) is 4. The number of epoxide rings is 2. The highest BCUT2D eigenvalue weighted by Gasteiger charge is 2.29. The first kappa shape index (κ1) is 18.9. The predicted octanol–water partition coefficient (Wildman–Crippen LogP) is 4.87. The Labute approximate surface area is 169 Å². The van der Waals surface area contributed by atoms with Gasteiger partial charge in [-0.15, -0.1) is 0 Å². The first-order valence-corrected chi connectivity index (χ1v) is 9.78. The molecule has 0 aromatic heterocycles. The molecular weight excluding hydrogens is 387 g/mol. The first-order chi connectivity index (χ1) is 12.9. The second kappa shape index (κ2) is 7.51. The van der Waals surface area contributed by atoms with Gasteiger partial charge in [-0.1, -0.05) is 55.2 Å². The van der Waals surface area contributed by atoms with E-state index in [9.17, 15) is 0 Å². The topological polar surface area (TPSA) is 43.5 Å². The highest BCUT2D eigenvalue weighted by molar-refractivity contribution is 6.43. The second-order valence-corrected chi connectivity index (χ2v) is 8.18. The molecule has 2 unspecified atom stereocenters. The van der Waals surface area contributed by atoms with Crippen LogP contribution in [0, 0.1) is 0 Å². The average molecular weight is 409 g/mol. The lowest BCUT2D eigenvalue weighted by Crippen LogP contribution is -2.20. The van der Waals surface area contributed by atoms with Gasteiger partial charge in [-0.2, -0.15) is 0 Å². The van der Waals surface area contributed by atoms with Gasteiger partial charge in [0.1, 0.15) is 41.9 Å². The van der Waals surface area contributed by atoms with E-state index in [4.69, 9.17) is 42.1 Å². The predicted molar refractivity (Wildman–Crippen MR) is 106 cm³/mol. The van der Waals surface area contributed by atoms with Crippen LogP contribution in [0.1, 0.15) is 25.0 Å². The maximum atomic E-state index is 6.60. The van der Waals surface area contributed by atoms with Crippen molar-refractivity contribution < 1.29 is 18.9 Å². The van der Waals surface area contributed by atoms with Gasteiger partial charge in [0.25, 0.3) is 0 Å². The maximum Gasteiger partial charge on any atom is 0.139 e. The summed E-state index contributed by atoms with van der Waals surface area (Å²) in [5.41, 5.74) is 1.75. The summed E-state index contributed by atoms with van der Waals surface area (Å²) in [6, 6.07) is 11.9. The van der Waals surface area contributed by atoms with Crippen molar-refractivity contribution in [3.8, 4) is 11.5 Å². The molecule has 2 aliphatic rings. The van der Waals surface area contributed by atoms with Crippen molar-refractivity contribution >= 4 is 23.2 Å². The summed E-state index contributed by atoms with van der Waals surface area (Å²) < 4.78 is 21.8. The van der Waals surface area contributed by atoms with Crippen LogP contribution in [-0.4, -0.2) is 38.6 Å². The summed E-state index contributed by atoms with van der Waals surface area (Å²) in [6.07, 6.45) is 0.414. The number of hydrogen-bond donors (Lipinski definition) is 0. The number of rotatable bonds is 8. The Bertz CT molecular complexity index is 812. The Balaban J connectivity index is 1.51. The third-order valence-corrected chi connectivity index (χ3v) is 5.83. The van der Waals surface area contributed by atoms with E-state index in [2.05, 4.69) is 26.0 Å². The van der Waals surface area contributed by atoms with Gasteiger partial charge in [-0.05, 0) is 29.3 Å². The van der Waals surface area contributed by atoms with Crippen molar-refractivity contribution in [1.29, 1.82) is 0 Å². The fourth-order valence-electron chi connectivity index (χ4n) is 2.95. The van der Waals surface area contributed by atoms with Crippen LogP contribution in [0.5, 0.6) is 11.5 Å². The minimum atomic E-state index is -0.322. The fraction of sp³-hybridized carbons (Fsp3) is 0.429. The van der Waals surface area contributed by atoms with Crippen molar-refractivity contribution in [1.82, 2.24) is 0 Å². The molecule has 0 bridgehead atoms. The van der Waals surface area contributed by atoms with Crippen molar-refractivity contribution in [3.63, 3.8) is 0 Å². The molecule has 27 heavy (non-hydrogen) atoms. The smallest absolute Gasteiger partial charge is 0.139 e. The van der Waals surface area contributed by atoms with Crippen LogP contribution < -0.4 is 9.47 Å². The average Bonchev–Trinajstić information content (AvgIpc) is 3.55. The van der Waals surface area contributed by atoms with Gasteiger partial charge in [-0.3, -0.25) is 0 Å². The molecule has 0 spiro atoms. The van der Waals surface area contributed by atoms with Crippen LogP contribution in [0.25, 0.3) is 0 Å². The molecule has 0 radical (unpaired) electrons. The summed E-state index contributed by atoms with van der Waals surface area (Å²) in [5.74, 6) is 1.42. The largest absolute Gasteiger partial charge is 0.491 e. The van der Waals surface area contributed by atoms with E-state index in [0.29, 0.717) is 29.0 Å². The Morgan fingerprint density at radius 1 is 0.889 bits per heavy atom. The van der Waals surface area contributed by atoms with Gasteiger partial charge >= 0.3 is 0 Å². The Morgan fingerprint density at radius 3 is 2.07 bits per heavy atom. The van der Waals surface area contributed by atoms with E-state index < -0.39 is 0 Å². The Kier molecular flexibility index (Phi) is 5.26. The SMILES string of the molecule is CC(C)(c1ccc(OCC2CO2)cc1)c1ccc(OCC2CO2)c(Cl)c1Cl. The molecule has 2 atom stereocenters. The summed E-state index contributed by atoms with van der Waals surface area (Å²) >= 11 is 13.1. The molecule has 4 nitrogen and oxygen atoms in total. The van der Waals surface area contributed by atoms with Gasteiger partial charge in [0, 0.05) is 5.41 Å². The van der Waals surface area contributed by atoms with E-state index in [1.165, 1.54) is 0 Å². The van der Waals surface area contributed by atoms with Gasteiger partial charge in [0.15, 0.2) is 0 Å². The lowest BCUT2D eigenvalue weighted by molar-refractivity contribution is 0.263. The van der Waals surface area contributed by atoms with E-state index in [1.807, 2.05) is 24.3 Å². The molecule has 0 saturated carbocycles. The third-order valence-electron chi connectivity index (χ3n) is 4.96. The minimum absolute atomic E-state index is 0.170. The quantitative estimate of drug-likeness (QED) is 0.584. The molecule has 2 aromatic rings. The van der Waals surface area contributed by atoms with E-state index in [-0.39, 0.29) is 17.6 Å². The number of halogens is 2. The van der Waals surface area contributed by atoms with E-state index >= 15 is 0 Å². The summed E-state index contributed by atoms with van der Waals surface area (Å²) in [7, 11) is 0. The highest BCUT2D eigenvalue weighted by atomic mass is 35.5. The van der Waals surface area contributed by atoms with Gasteiger partial charge in [0.2, 0.25) is 0 Å². The second-order valence-electron chi connectivity index (χ2n) is 7.42. The fourth-order valence-corrected chi connectivity index (χ4v) is 3.56. The molecule has 144 valence electrons. The van der Waals surface area contributed by atoms with Crippen LogP contribution in [0.4, 0.5) is 0 Å². The lowest BCUT2D eigenvalue weighted by Gasteiger charge is -2.28. The highest BCUT2D eigenvalue weighted by Crippen LogP contribution is 2.43. The summed E-state index contributed by atoms with van der Waals surface area (Å²) in [4.78, 5) is 0. The van der Waals surface area contributed by atoms with Crippen molar-refractivity contribution in [3.05, 3.63) is 57.6 Å². The monoisotopic (exact) mass is 408 g/mol. The number of hydrogen-bond acceptors (Lipinski definition) is 4. The van der Waals surface area contributed by atoms with E-state index in [0.717, 1.165) is 30.1 Å². The molecule has 2 saturated heterocycles. The molecular formula is C21H22Cl2O4. The molecule has 2 aromatic carbocycles. The molecule has 2 aliphatic heterocycles. The van der Waals surface area contributed by atoms with Gasteiger partial charge in [-0.25, -0.2) is 0 Å². The lowest BCUT2D eigenvalue weighted by atomic mass is 9.78. The molecule has 0 N–H and O–H groups in total. The van der Waals surface area contributed by atoms with Crippen LogP contribution in [0.2, 0.25) is 10.0 Å². The molecule has 4 rings (SSSR count). The van der Waals surface area contributed by atoms with E-state index in [1.54, 1.807) is 0 Å². The zero-order valence-electron chi connectivity index (χ0n) is 15.3. The van der Waals surface area contributed by atoms with Crippen molar-refractivity contribution in [2.75, 3.05) is 26.4 Å². The van der Waals surface area contributed by atoms with Gasteiger partial charge in [0.05, 0.1) is 18.2 Å². The van der Waals surface area contributed by atoms with Crippen LogP contribution in [0.15, 0.2) is 36.4 Å². The van der Waals surface area contributed by atoms with Gasteiger partial charge < -0.3 is 18.9 Å². The molecule has 0 amide bonds. The Morgan fingerprint density at radius 2 is 1.48 bits per heavy atom. The number of benzene rings is 2. The summed E-state index contributed by atoms with van der Waals surface area (Å²) in [6.45, 7) is 6.86. The maximum absolute atomic E-state index is 6.60. The zero-order valence-corrected chi connectivity index (χ0v) is 16.8. The van der Waals surface area contributed by atoms with Crippen molar-refractivity contribution in [2.45, 2.75) is 31.5 Å². The minimum Gasteiger partial charge on any atom is -0.491 e. The summed E-state index contributed by atoms with van der Waals surface area (Å²) in [5, 5.41) is 0.953. The molecule has 2 fully saturated rings. The first-order valence-electron chi connectivity index (χ1n) is 9.03. The zero-order chi connectivity index (χ0) is 19.0. The van der Waals surface area contributed by atoms with Crippen LogP contribution in [0.3, 0.4) is 0 Å². The third kappa shape index (κ3) is 4.35. The van der Waals surface area contributed by atoms with Crippen molar-refractivity contribution in [2.24, 2.45) is 0 Å². The standard InChI is InChI=1S/C21H22Cl2O4/c1-21(2,13-3-5-14(6-4-13)24-9-15-10-25-15)17-7-8-18(20(23)19(17)22)27-12-16-11-26-16/h3-8,15-16H,9-12H2,1-2H3.